The maximum atomic E-state index is 11.1. The van der Waals surface area contributed by atoms with Gasteiger partial charge in [-0.1, -0.05) is 23.2 Å². The fraction of sp³-hybridized carbons (Fsp3) is 0.294. The summed E-state index contributed by atoms with van der Waals surface area (Å²) in [4.78, 5) is 16.6. The van der Waals surface area contributed by atoms with Crippen molar-refractivity contribution in [2.24, 2.45) is 0 Å². The maximum Gasteiger partial charge on any atom is 0.407 e. The van der Waals surface area contributed by atoms with Crippen molar-refractivity contribution >= 4 is 29.3 Å². The lowest BCUT2D eigenvalue weighted by Crippen LogP contribution is -2.42. The van der Waals surface area contributed by atoms with E-state index in [4.69, 9.17) is 33.0 Å². The van der Waals surface area contributed by atoms with Crippen molar-refractivity contribution in [2.45, 2.75) is 18.4 Å². The number of rotatable bonds is 5. The second-order valence-electron chi connectivity index (χ2n) is 5.92. The monoisotopic (exact) mass is 366 g/mol. The molecule has 0 aliphatic heterocycles. The normalized spacial score (nSPS) is 15.0. The molecule has 1 fully saturated rings. The molecule has 1 aliphatic carbocycles. The molecule has 2 aromatic rings. The van der Waals surface area contributed by atoms with E-state index in [0.29, 0.717) is 22.4 Å². The number of hydrogen-bond donors (Lipinski definition) is 1. The third-order valence-electron chi connectivity index (χ3n) is 4.24. The Balaban J connectivity index is 1.75. The van der Waals surface area contributed by atoms with Crippen molar-refractivity contribution in [2.75, 3.05) is 13.7 Å². The molecular weight excluding hydrogens is 351 g/mol. The average Bonchev–Trinajstić information content (AvgIpc) is 3.32. The quantitative estimate of drug-likeness (QED) is 0.841. The van der Waals surface area contributed by atoms with Gasteiger partial charge in [-0.05, 0) is 42.7 Å². The molecule has 1 aromatic heterocycles. The van der Waals surface area contributed by atoms with Gasteiger partial charge in [0.25, 0.3) is 0 Å². The standard InChI is InChI=1S/C17H16Cl2N2O3/c1-21(16(22)23)17(2-3-17)10-24-15-6-12(8-20-9-15)11-4-13(18)7-14(19)5-11/h4-9H,2-3,10H2,1H3,(H,22,23). The van der Waals surface area contributed by atoms with Crippen LogP contribution in [-0.4, -0.2) is 40.3 Å². The summed E-state index contributed by atoms with van der Waals surface area (Å²) in [6.07, 6.45) is 3.95. The van der Waals surface area contributed by atoms with Crippen molar-refractivity contribution in [3.05, 3.63) is 46.7 Å². The SMILES string of the molecule is CN(C(=O)O)C1(COc2cncc(-c3cc(Cl)cc(Cl)c3)c2)CC1. The first kappa shape index (κ1) is 16.9. The number of nitrogens with zero attached hydrogens (tertiary/aromatic N) is 2. The summed E-state index contributed by atoms with van der Waals surface area (Å²) in [5.74, 6) is 0.577. The van der Waals surface area contributed by atoms with Crippen LogP contribution < -0.4 is 4.74 Å². The number of halogens is 2. The van der Waals surface area contributed by atoms with Gasteiger partial charge >= 0.3 is 6.09 Å². The predicted molar refractivity (Wildman–Crippen MR) is 92.9 cm³/mol. The van der Waals surface area contributed by atoms with Crippen molar-refractivity contribution in [1.82, 2.24) is 9.88 Å². The van der Waals surface area contributed by atoms with Crippen LogP contribution in [0.3, 0.4) is 0 Å². The Morgan fingerprint density at radius 2 is 1.88 bits per heavy atom. The van der Waals surface area contributed by atoms with Gasteiger partial charge in [0.1, 0.15) is 12.4 Å². The Hall–Kier alpha value is -1.98. The molecular formula is C17H16Cl2N2O3. The molecule has 0 bridgehead atoms. The molecule has 0 unspecified atom stereocenters. The molecule has 126 valence electrons. The summed E-state index contributed by atoms with van der Waals surface area (Å²) in [6, 6.07) is 7.11. The maximum absolute atomic E-state index is 11.1. The topological polar surface area (TPSA) is 62.7 Å². The summed E-state index contributed by atoms with van der Waals surface area (Å²) in [7, 11) is 1.57. The van der Waals surface area contributed by atoms with E-state index in [1.54, 1.807) is 37.6 Å². The second kappa shape index (κ2) is 6.49. The van der Waals surface area contributed by atoms with Gasteiger partial charge in [0.2, 0.25) is 0 Å². The van der Waals surface area contributed by atoms with E-state index < -0.39 is 11.6 Å². The second-order valence-corrected chi connectivity index (χ2v) is 6.79. The Labute approximate surface area is 149 Å². The van der Waals surface area contributed by atoms with Crippen LogP contribution in [0.25, 0.3) is 11.1 Å². The highest BCUT2D eigenvalue weighted by Crippen LogP contribution is 2.41. The summed E-state index contributed by atoms with van der Waals surface area (Å²) in [6.45, 7) is 0.303. The molecule has 1 saturated carbocycles. The number of benzene rings is 1. The third-order valence-corrected chi connectivity index (χ3v) is 4.68. The van der Waals surface area contributed by atoms with Crippen molar-refractivity contribution in [3.63, 3.8) is 0 Å². The molecule has 0 spiro atoms. The van der Waals surface area contributed by atoms with Gasteiger partial charge in [-0.25, -0.2) is 4.79 Å². The Bertz CT molecular complexity index is 758. The number of amides is 1. The molecule has 5 nitrogen and oxygen atoms in total. The Morgan fingerprint density at radius 3 is 2.46 bits per heavy atom. The van der Waals surface area contributed by atoms with E-state index in [1.165, 1.54) is 4.90 Å². The zero-order valence-electron chi connectivity index (χ0n) is 13.0. The summed E-state index contributed by atoms with van der Waals surface area (Å²) < 4.78 is 5.79. The lowest BCUT2D eigenvalue weighted by molar-refractivity contribution is 0.109. The van der Waals surface area contributed by atoms with Gasteiger partial charge in [-0.2, -0.15) is 0 Å². The van der Waals surface area contributed by atoms with Gasteiger partial charge in [0.15, 0.2) is 0 Å². The third kappa shape index (κ3) is 3.57. The van der Waals surface area contributed by atoms with Crippen LogP contribution in [0, 0.1) is 0 Å². The van der Waals surface area contributed by atoms with Gasteiger partial charge < -0.3 is 14.7 Å². The van der Waals surface area contributed by atoms with E-state index in [0.717, 1.165) is 24.0 Å². The molecule has 1 N–H and O–H groups in total. The largest absolute Gasteiger partial charge is 0.490 e. The fourth-order valence-corrected chi connectivity index (χ4v) is 3.04. The van der Waals surface area contributed by atoms with Crippen LogP contribution in [0.2, 0.25) is 10.0 Å². The zero-order chi connectivity index (χ0) is 17.3. The Morgan fingerprint density at radius 1 is 1.21 bits per heavy atom. The highest BCUT2D eigenvalue weighted by Gasteiger charge is 2.49. The van der Waals surface area contributed by atoms with Gasteiger partial charge in [0, 0.05) is 28.9 Å². The summed E-state index contributed by atoms with van der Waals surface area (Å²) in [5, 5.41) is 10.2. The first-order valence-corrected chi connectivity index (χ1v) is 8.16. The lowest BCUT2D eigenvalue weighted by Gasteiger charge is -2.25. The highest BCUT2D eigenvalue weighted by molar-refractivity contribution is 6.35. The van der Waals surface area contributed by atoms with Crippen molar-refractivity contribution in [3.8, 4) is 16.9 Å². The zero-order valence-corrected chi connectivity index (χ0v) is 14.5. The molecule has 7 heteroatoms. The van der Waals surface area contributed by atoms with E-state index in [9.17, 15) is 4.79 Å². The number of ether oxygens (including phenoxy) is 1. The van der Waals surface area contributed by atoms with Crippen molar-refractivity contribution in [1.29, 1.82) is 0 Å². The number of likely N-dealkylation sites (N-methyl/N-ethyl adjacent to an activating group) is 1. The molecule has 1 aliphatic rings. The van der Waals surface area contributed by atoms with Crippen LogP contribution in [0.4, 0.5) is 4.79 Å². The summed E-state index contributed by atoms with van der Waals surface area (Å²) in [5.41, 5.74) is 1.24. The number of hydrogen-bond acceptors (Lipinski definition) is 3. The van der Waals surface area contributed by atoms with Crippen LogP contribution >= 0.6 is 23.2 Å². The number of carbonyl (C=O) groups is 1. The minimum absolute atomic E-state index is 0.303. The highest BCUT2D eigenvalue weighted by atomic mass is 35.5. The first-order chi connectivity index (χ1) is 11.4. The van der Waals surface area contributed by atoms with Crippen LogP contribution in [0.1, 0.15) is 12.8 Å². The predicted octanol–water partition coefficient (Wildman–Crippen LogP) is 4.58. The van der Waals surface area contributed by atoms with Gasteiger partial charge in [-0.15, -0.1) is 0 Å². The van der Waals surface area contributed by atoms with Gasteiger partial charge in [0.05, 0.1) is 11.7 Å². The van der Waals surface area contributed by atoms with Crippen molar-refractivity contribution < 1.29 is 14.6 Å². The van der Waals surface area contributed by atoms with E-state index in [-0.39, 0.29) is 0 Å². The summed E-state index contributed by atoms with van der Waals surface area (Å²) >= 11 is 12.1. The van der Waals surface area contributed by atoms with Crippen LogP contribution in [0.5, 0.6) is 5.75 Å². The molecule has 0 saturated heterocycles. The minimum atomic E-state index is -0.948. The fourth-order valence-electron chi connectivity index (χ4n) is 2.52. The molecule has 0 atom stereocenters. The first-order valence-electron chi connectivity index (χ1n) is 7.41. The van der Waals surface area contributed by atoms with Crippen LogP contribution in [-0.2, 0) is 0 Å². The Kier molecular flexibility index (Phi) is 4.56. The molecule has 1 heterocycles. The lowest BCUT2D eigenvalue weighted by atomic mass is 10.1. The van der Waals surface area contributed by atoms with E-state index in [1.807, 2.05) is 6.07 Å². The smallest absolute Gasteiger partial charge is 0.407 e. The molecule has 1 amide bonds. The van der Waals surface area contributed by atoms with Gasteiger partial charge in [-0.3, -0.25) is 4.98 Å². The molecule has 1 aromatic carbocycles. The van der Waals surface area contributed by atoms with Crippen LogP contribution in [0.15, 0.2) is 36.7 Å². The molecule has 24 heavy (non-hydrogen) atoms. The minimum Gasteiger partial charge on any atom is -0.490 e. The van der Waals surface area contributed by atoms with E-state index in [2.05, 4.69) is 4.98 Å². The average molecular weight is 367 g/mol. The molecule has 0 radical (unpaired) electrons. The number of carboxylic acid groups (broad SMARTS) is 1. The van der Waals surface area contributed by atoms with E-state index >= 15 is 0 Å². The molecule has 3 rings (SSSR count). The number of aromatic nitrogens is 1. The number of pyridine rings is 1.